The van der Waals surface area contributed by atoms with Crippen LogP contribution in [0.2, 0.25) is 0 Å². The zero-order valence-electron chi connectivity index (χ0n) is 13.5. The maximum absolute atomic E-state index is 13.9. The molecule has 3 rings (SSSR count). The van der Waals surface area contributed by atoms with Gasteiger partial charge in [0.2, 0.25) is 5.95 Å². The summed E-state index contributed by atoms with van der Waals surface area (Å²) in [5, 5.41) is 4.52. The van der Waals surface area contributed by atoms with Crippen molar-refractivity contribution in [3.63, 3.8) is 0 Å². The number of amides is 1. The Balaban J connectivity index is 1.70. The molecule has 1 saturated heterocycles. The summed E-state index contributed by atoms with van der Waals surface area (Å²) in [6, 6.07) is 1.62. The van der Waals surface area contributed by atoms with Crippen LogP contribution in [0.5, 0.6) is 0 Å². The van der Waals surface area contributed by atoms with E-state index in [9.17, 15) is 9.18 Å². The Morgan fingerprint density at radius 3 is 3.04 bits per heavy atom. The van der Waals surface area contributed by atoms with Crippen LogP contribution < -0.4 is 15.1 Å². The standard InChI is InChI=1S/C15H19FN6OS/c1-21(2)15-17-4-3-13(20-15)22-7-10(16)5-11(22)6-18-14(23)12-8-24-9-19-12/h3-4,8-11H,5-7H2,1-2H3,(H,18,23)/t10-,11-/m0/s1. The number of aromatic nitrogens is 3. The molecule has 2 aromatic rings. The van der Waals surface area contributed by atoms with E-state index < -0.39 is 6.17 Å². The predicted octanol–water partition coefficient (Wildman–Crippen LogP) is 1.35. The molecule has 0 aliphatic carbocycles. The second-order valence-corrected chi connectivity index (χ2v) is 6.55. The normalized spacial score (nSPS) is 20.2. The van der Waals surface area contributed by atoms with Crippen molar-refractivity contribution < 1.29 is 9.18 Å². The van der Waals surface area contributed by atoms with Crippen molar-refractivity contribution in [2.24, 2.45) is 0 Å². The lowest BCUT2D eigenvalue weighted by Gasteiger charge is -2.26. The zero-order chi connectivity index (χ0) is 17.1. The highest BCUT2D eigenvalue weighted by atomic mass is 32.1. The highest BCUT2D eigenvalue weighted by Crippen LogP contribution is 2.26. The van der Waals surface area contributed by atoms with Crippen molar-refractivity contribution in [1.29, 1.82) is 0 Å². The van der Waals surface area contributed by atoms with Gasteiger partial charge in [0.05, 0.1) is 18.1 Å². The quantitative estimate of drug-likeness (QED) is 0.877. The largest absolute Gasteiger partial charge is 0.349 e. The maximum atomic E-state index is 13.9. The Morgan fingerprint density at radius 1 is 1.50 bits per heavy atom. The topological polar surface area (TPSA) is 74.2 Å². The van der Waals surface area contributed by atoms with Crippen molar-refractivity contribution in [3.8, 4) is 0 Å². The van der Waals surface area contributed by atoms with Crippen molar-refractivity contribution in [3.05, 3.63) is 28.8 Å². The highest BCUT2D eigenvalue weighted by molar-refractivity contribution is 7.07. The summed E-state index contributed by atoms with van der Waals surface area (Å²) >= 11 is 1.36. The third kappa shape index (κ3) is 3.61. The van der Waals surface area contributed by atoms with Crippen LogP contribution in [-0.2, 0) is 0 Å². The fraction of sp³-hybridized carbons (Fsp3) is 0.467. The van der Waals surface area contributed by atoms with Gasteiger partial charge in [0.25, 0.3) is 5.91 Å². The van der Waals surface area contributed by atoms with Gasteiger partial charge >= 0.3 is 0 Å². The van der Waals surface area contributed by atoms with E-state index in [4.69, 9.17) is 0 Å². The van der Waals surface area contributed by atoms with Gasteiger partial charge in [0, 0.05) is 38.6 Å². The molecule has 0 bridgehead atoms. The number of alkyl halides is 1. The molecule has 128 valence electrons. The Hall–Kier alpha value is -2.29. The Bertz CT molecular complexity index is 695. The first-order valence-electron chi connectivity index (χ1n) is 7.62. The van der Waals surface area contributed by atoms with Crippen LogP contribution in [-0.4, -0.2) is 60.3 Å². The van der Waals surface area contributed by atoms with E-state index in [-0.39, 0.29) is 18.5 Å². The average molecular weight is 350 g/mol. The number of halogens is 1. The molecule has 24 heavy (non-hydrogen) atoms. The van der Waals surface area contributed by atoms with E-state index in [1.807, 2.05) is 19.0 Å². The Kier molecular flexibility index (Phi) is 4.89. The first kappa shape index (κ1) is 16.6. The zero-order valence-corrected chi connectivity index (χ0v) is 14.3. The monoisotopic (exact) mass is 350 g/mol. The van der Waals surface area contributed by atoms with E-state index in [0.717, 1.165) is 0 Å². The second-order valence-electron chi connectivity index (χ2n) is 5.83. The fourth-order valence-electron chi connectivity index (χ4n) is 2.67. The third-order valence-corrected chi connectivity index (χ3v) is 4.44. The average Bonchev–Trinajstić information content (AvgIpc) is 3.22. The molecule has 1 fully saturated rings. The minimum atomic E-state index is -0.941. The lowest BCUT2D eigenvalue weighted by molar-refractivity contribution is 0.0946. The molecule has 1 aliphatic rings. The molecule has 1 aliphatic heterocycles. The molecule has 2 aromatic heterocycles. The number of carbonyl (C=O) groups excluding carboxylic acids is 1. The molecule has 0 unspecified atom stereocenters. The summed E-state index contributed by atoms with van der Waals surface area (Å²) in [5.74, 6) is 0.997. The summed E-state index contributed by atoms with van der Waals surface area (Å²) in [7, 11) is 3.71. The molecule has 3 heterocycles. The van der Waals surface area contributed by atoms with E-state index in [1.54, 1.807) is 28.1 Å². The van der Waals surface area contributed by atoms with Crippen molar-refractivity contribution >= 4 is 29.0 Å². The van der Waals surface area contributed by atoms with Crippen LogP contribution in [0.25, 0.3) is 0 Å². The van der Waals surface area contributed by atoms with Gasteiger partial charge in [-0.25, -0.2) is 14.4 Å². The molecule has 0 spiro atoms. The van der Waals surface area contributed by atoms with Crippen LogP contribution in [0.15, 0.2) is 23.2 Å². The molecular weight excluding hydrogens is 331 g/mol. The van der Waals surface area contributed by atoms with Gasteiger partial charge in [-0.2, -0.15) is 4.98 Å². The van der Waals surface area contributed by atoms with E-state index in [0.29, 0.717) is 30.4 Å². The minimum absolute atomic E-state index is 0.146. The van der Waals surface area contributed by atoms with Crippen LogP contribution in [0.1, 0.15) is 16.9 Å². The maximum Gasteiger partial charge on any atom is 0.270 e. The van der Waals surface area contributed by atoms with E-state index in [2.05, 4.69) is 20.3 Å². The van der Waals surface area contributed by atoms with Crippen LogP contribution >= 0.6 is 11.3 Å². The predicted molar refractivity (Wildman–Crippen MR) is 91.5 cm³/mol. The summed E-state index contributed by atoms with van der Waals surface area (Å²) in [6.07, 6.45) is 1.08. The SMILES string of the molecule is CN(C)c1nccc(N2C[C@@H](F)C[C@H]2CNC(=O)c2cscn2)n1. The van der Waals surface area contributed by atoms with E-state index in [1.165, 1.54) is 11.3 Å². The summed E-state index contributed by atoms with van der Waals surface area (Å²) in [6.45, 7) is 0.610. The van der Waals surface area contributed by atoms with Gasteiger partial charge in [-0.05, 0) is 6.07 Å². The molecule has 9 heteroatoms. The number of hydrogen-bond donors (Lipinski definition) is 1. The highest BCUT2D eigenvalue weighted by Gasteiger charge is 2.33. The molecule has 0 aromatic carbocycles. The number of nitrogens with zero attached hydrogens (tertiary/aromatic N) is 5. The van der Waals surface area contributed by atoms with Crippen LogP contribution in [0.3, 0.4) is 0 Å². The lowest BCUT2D eigenvalue weighted by atomic mass is 10.2. The molecule has 0 radical (unpaired) electrons. The third-order valence-electron chi connectivity index (χ3n) is 3.85. The summed E-state index contributed by atoms with van der Waals surface area (Å²) < 4.78 is 13.9. The number of anilines is 2. The van der Waals surface area contributed by atoms with Gasteiger partial charge in [-0.15, -0.1) is 11.3 Å². The molecule has 2 atom stereocenters. The Labute approximate surface area is 143 Å². The van der Waals surface area contributed by atoms with Gasteiger partial charge in [0.15, 0.2) is 0 Å². The molecular formula is C15H19FN6OS. The lowest BCUT2D eigenvalue weighted by Crippen LogP contribution is -2.40. The van der Waals surface area contributed by atoms with Gasteiger partial charge < -0.3 is 15.1 Å². The Morgan fingerprint density at radius 2 is 2.33 bits per heavy atom. The number of rotatable bonds is 5. The molecule has 1 N–H and O–H groups in total. The smallest absolute Gasteiger partial charge is 0.270 e. The van der Waals surface area contributed by atoms with Crippen molar-refractivity contribution in [1.82, 2.24) is 20.3 Å². The fourth-order valence-corrected chi connectivity index (χ4v) is 3.21. The van der Waals surface area contributed by atoms with Gasteiger partial charge in [0.1, 0.15) is 17.7 Å². The van der Waals surface area contributed by atoms with Crippen molar-refractivity contribution in [2.75, 3.05) is 37.0 Å². The van der Waals surface area contributed by atoms with E-state index >= 15 is 0 Å². The van der Waals surface area contributed by atoms with Crippen LogP contribution in [0.4, 0.5) is 16.2 Å². The van der Waals surface area contributed by atoms with Gasteiger partial charge in [-0.3, -0.25) is 4.79 Å². The number of hydrogen-bond acceptors (Lipinski definition) is 7. The first-order valence-corrected chi connectivity index (χ1v) is 8.56. The molecule has 1 amide bonds. The van der Waals surface area contributed by atoms with Crippen molar-refractivity contribution in [2.45, 2.75) is 18.6 Å². The van der Waals surface area contributed by atoms with Crippen LogP contribution in [0, 0.1) is 0 Å². The summed E-state index contributed by atoms with van der Waals surface area (Å²) in [5.41, 5.74) is 2.00. The molecule has 0 saturated carbocycles. The minimum Gasteiger partial charge on any atom is -0.349 e. The summed E-state index contributed by atoms with van der Waals surface area (Å²) in [4.78, 5) is 28.3. The number of nitrogens with one attached hydrogen (secondary N) is 1. The number of thiazole rings is 1. The first-order chi connectivity index (χ1) is 11.5. The number of carbonyl (C=O) groups is 1. The molecule has 7 nitrogen and oxygen atoms in total. The van der Waals surface area contributed by atoms with Gasteiger partial charge in [-0.1, -0.05) is 0 Å². The second kappa shape index (κ2) is 7.08.